The fraction of sp³-hybridized carbons (Fsp3) is 0.364. The van der Waals surface area contributed by atoms with Gasteiger partial charge in [-0.15, -0.1) is 0 Å². The third kappa shape index (κ3) is 1.58. The minimum atomic E-state index is 0.0680. The number of nitrogens with one attached hydrogen (secondary N) is 1. The van der Waals surface area contributed by atoms with Crippen molar-refractivity contribution in [3.05, 3.63) is 29.3 Å². The lowest BCUT2D eigenvalue weighted by Crippen LogP contribution is -2.15. The van der Waals surface area contributed by atoms with Gasteiger partial charge in [0.15, 0.2) is 0 Å². The number of rotatable bonds is 3. The van der Waals surface area contributed by atoms with E-state index < -0.39 is 0 Å². The number of fused-ring (bicyclic) bond motifs is 1. The molecular formula is C11H13NO2. The lowest BCUT2D eigenvalue weighted by Gasteiger charge is -2.11. The average Bonchev–Trinajstić information content (AvgIpc) is 2.64. The second-order valence-corrected chi connectivity index (χ2v) is 3.47. The molecule has 3 nitrogen and oxygen atoms in total. The molecule has 1 heterocycles. The largest absolute Gasteiger partial charge is 0.493 e. The maximum absolute atomic E-state index is 10.3. The minimum Gasteiger partial charge on any atom is -0.493 e. The zero-order valence-electron chi connectivity index (χ0n) is 8.12. The molecule has 2 rings (SSSR count). The molecule has 1 aliphatic rings. The monoisotopic (exact) mass is 191 g/mol. The highest BCUT2D eigenvalue weighted by atomic mass is 16.5. The minimum absolute atomic E-state index is 0.0680. The molecule has 0 radical (unpaired) electrons. The first kappa shape index (κ1) is 9.06. The number of hydrogen-bond acceptors (Lipinski definition) is 2. The van der Waals surface area contributed by atoms with Gasteiger partial charge in [-0.3, -0.25) is 4.79 Å². The van der Waals surface area contributed by atoms with Gasteiger partial charge >= 0.3 is 0 Å². The highest BCUT2D eigenvalue weighted by Crippen LogP contribution is 2.27. The molecule has 0 bridgehead atoms. The quantitative estimate of drug-likeness (QED) is 0.734. The molecule has 1 atom stereocenters. The molecule has 0 aromatic heterocycles. The predicted molar refractivity (Wildman–Crippen MR) is 53.3 cm³/mol. The Morgan fingerprint density at radius 2 is 2.43 bits per heavy atom. The van der Waals surface area contributed by atoms with Crippen LogP contribution in [0.3, 0.4) is 0 Å². The van der Waals surface area contributed by atoms with Crippen molar-refractivity contribution in [3.63, 3.8) is 0 Å². The Morgan fingerprint density at radius 1 is 1.57 bits per heavy atom. The maximum Gasteiger partial charge on any atom is 0.207 e. The first-order valence-electron chi connectivity index (χ1n) is 4.76. The summed E-state index contributed by atoms with van der Waals surface area (Å²) in [5, 5.41) is 2.73. The molecule has 0 spiro atoms. The first-order valence-corrected chi connectivity index (χ1v) is 4.76. The molecule has 14 heavy (non-hydrogen) atoms. The number of ether oxygens (including phenoxy) is 1. The van der Waals surface area contributed by atoms with Crippen LogP contribution in [0.4, 0.5) is 0 Å². The lowest BCUT2D eigenvalue weighted by atomic mass is 10.0. The van der Waals surface area contributed by atoms with Crippen molar-refractivity contribution in [3.8, 4) is 5.75 Å². The topological polar surface area (TPSA) is 38.3 Å². The Morgan fingerprint density at radius 3 is 3.21 bits per heavy atom. The van der Waals surface area contributed by atoms with Crippen molar-refractivity contribution in [1.29, 1.82) is 0 Å². The van der Waals surface area contributed by atoms with E-state index in [9.17, 15) is 4.79 Å². The molecule has 74 valence electrons. The number of hydrogen-bond donors (Lipinski definition) is 1. The molecule has 1 aromatic rings. The number of benzene rings is 1. The summed E-state index contributed by atoms with van der Waals surface area (Å²) in [6, 6.07) is 6.13. The highest BCUT2D eigenvalue weighted by molar-refractivity contribution is 5.48. The van der Waals surface area contributed by atoms with E-state index in [1.807, 2.05) is 19.1 Å². The van der Waals surface area contributed by atoms with Gasteiger partial charge in [-0.05, 0) is 30.2 Å². The van der Waals surface area contributed by atoms with Gasteiger partial charge in [-0.1, -0.05) is 6.07 Å². The molecule has 0 saturated carbocycles. The highest BCUT2D eigenvalue weighted by Gasteiger charge is 2.13. The van der Waals surface area contributed by atoms with Crippen LogP contribution in [-0.4, -0.2) is 13.0 Å². The van der Waals surface area contributed by atoms with Crippen molar-refractivity contribution in [2.75, 3.05) is 6.61 Å². The summed E-state index contributed by atoms with van der Waals surface area (Å²) in [6.45, 7) is 2.74. The van der Waals surface area contributed by atoms with Gasteiger partial charge in [0.25, 0.3) is 0 Å². The zero-order valence-corrected chi connectivity index (χ0v) is 8.12. The number of amides is 1. The Labute approximate surface area is 83.1 Å². The van der Waals surface area contributed by atoms with Gasteiger partial charge < -0.3 is 10.1 Å². The van der Waals surface area contributed by atoms with Gasteiger partial charge in [0.1, 0.15) is 5.75 Å². The molecule has 0 fully saturated rings. The van der Waals surface area contributed by atoms with E-state index in [1.165, 1.54) is 5.56 Å². The Hall–Kier alpha value is -1.51. The lowest BCUT2D eigenvalue weighted by molar-refractivity contribution is -0.110. The summed E-state index contributed by atoms with van der Waals surface area (Å²) in [6.07, 6.45) is 1.70. The number of carbonyl (C=O) groups is 1. The van der Waals surface area contributed by atoms with Crippen LogP contribution in [0.1, 0.15) is 24.1 Å². The van der Waals surface area contributed by atoms with Crippen LogP contribution >= 0.6 is 0 Å². The van der Waals surface area contributed by atoms with Crippen molar-refractivity contribution in [2.24, 2.45) is 0 Å². The van der Waals surface area contributed by atoms with E-state index in [2.05, 4.69) is 11.4 Å². The predicted octanol–water partition coefficient (Wildman–Crippen LogP) is 1.43. The van der Waals surface area contributed by atoms with Gasteiger partial charge in [0, 0.05) is 6.42 Å². The van der Waals surface area contributed by atoms with Crippen LogP contribution in [0, 0.1) is 0 Å². The van der Waals surface area contributed by atoms with Crippen molar-refractivity contribution < 1.29 is 9.53 Å². The normalized spacial score (nSPS) is 15.5. The van der Waals surface area contributed by atoms with Crippen LogP contribution in [0.2, 0.25) is 0 Å². The fourth-order valence-corrected chi connectivity index (χ4v) is 1.67. The average molecular weight is 191 g/mol. The van der Waals surface area contributed by atoms with Crippen LogP contribution in [0.5, 0.6) is 5.75 Å². The molecule has 1 aliphatic heterocycles. The van der Waals surface area contributed by atoms with Gasteiger partial charge in [-0.25, -0.2) is 0 Å². The van der Waals surface area contributed by atoms with E-state index in [1.54, 1.807) is 0 Å². The smallest absolute Gasteiger partial charge is 0.207 e. The van der Waals surface area contributed by atoms with Crippen LogP contribution < -0.4 is 10.1 Å². The molecular weight excluding hydrogens is 178 g/mol. The van der Waals surface area contributed by atoms with Crippen LogP contribution in [-0.2, 0) is 11.2 Å². The molecule has 1 aromatic carbocycles. The summed E-state index contributed by atoms with van der Waals surface area (Å²) >= 11 is 0. The molecule has 0 saturated heterocycles. The van der Waals surface area contributed by atoms with E-state index in [0.717, 1.165) is 30.8 Å². The molecule has 0 aliphatic carbocycles. The van der Waals surface area contributed by atoms with Crippen LogP contribution in [0.25, 0.3) is 0 Å². The molecule has 1 amide bonds. The maximum atomic E-state index is 10.3. The SMILES string of the molecule is CC(NC=O)c1ccc2c(c1)CCO2. The summed E-state index contributed by atoms with van der Waals surface area (Å²) in [7, 11) is 0. The Balaban J connectivity index is 2.23. The summed E-state index contributed by atoms with van der Waals surface area (Å²) in [5.74, 6) is 0.979. The summed E-state index contributed by atoms with van der Waals surface area (Å²) in [4.78, 5) is 10.3. The first-order chi connectivity index (χ1) is 6.81. The Bertz CT molecular complexity index is 349. The van der Waals surface area contributed by atoms with Gasteiger partial charge in [0.2, 0.25) is 6.41 Å². The van der Waals surface area contributed by atoms with Gasteiger partial charge in [-0.2, -0.15) is 0 Å². The summed E-state index contributed by atoms with van der Waals surface area (Å²) < 4.78 is 5.40. The second kappa shape index (κ2) is 3.70. The van der Waals surface area contributed by atoms with Crippen molar-refractivity contribution in [1.82, 2.24) is 5.32 Å². The van der Waals surface area contributed by atoms with E-state index in [0.29, 0.717) is 0 Å². The van der Waals surface area contributed by atoms with E-state index >= 15 is 0 Å². The Kier molecular flexibility index (Phi) is 2.39. The second-order valence-electron chi connectivity index (χ2n) is 3.47. The third-order valence-corrected chi connectivity index (χ3v) is 2.53. The molecule has 1 N–H and O–H groups in total. The van der Waals surface area contributed by atoms with E-state index in [4.69, 9.17) is 4.74 Å². The van der Waals surface area contributed by atoms with Gasteiger partial charge in [0.05, 0.1) is 12.6 Å². The zero-order chi connectivity index (χ0) is 9.97. The standard InChI is InChI=1S/C11H13NO2/c1-8(12-7-13)9-2-3-11-10(6-9)4-5-14-11/h2-3,6-8H,4-5H2,1H3,(H,12,13). The molecule has 1 unspecified atom stereocenters. The molecule has 3 heteroatoms. The van der Waals surface area contributed by atoms with Crippen LogP contribution in [0.15, 0.2) is 18.2 Å². The third-order valence-electron chi connectivity index (χ3n) is 2.53. The summed E-state index contributed by atoms with van der Waals surface area (Å²) in [5.41, 5.74) is 2.36. The van der Waals surface area contributed by atoms with Crippen molar-refractivity contribution in [2.45, 2.75) is 19.4 Å². The fourth-order valence-electron chi connectivity index (χ4n) is 1.67. The van der Waals surface area contributed by atoms with Crippen molar-refractivity contribution >= 4 is 6.41 Å². The number of carbonyl (C=O) groups excluding carboxylic acids is 1. The van der Waals surface area contributed by atoms with E-state index in [-0.39, 0.29) is 6.04 Å².